The number of aromatic nitrogens is 1. The van der Waals surface area contributed by atoms with Crippen LogP contribution in [0.25, 0.3) is 0 Å². The van der Waals surface area contributed by atoms with Crippen molar-refractivity contribution in [3.05, 3.63) is 53.9 Å². The molecule has 31 heavy (non-hydrogen) atoms. The van der Waals surface area contributed by atoms with Crippen molar-refractivity contribution >= 4 is 5.96 Å². The van der Waals surface area contributed by atoms with Gasteiger partial charge in [0.1, 0.15) is 12.4 Å². The maximum absolute atomic E-state index is 6.03. The summed E-state index contributed by atoms with van der Waals surface area (Å²) in [6.07, 6.45) is 4.28. The molecule has 1 aromatic carbocycles. The maximum Gasteiger partial charge on any atom is 0.194 e. The molecule has 0 spiro atoms. The van der Waals surface area contributed by atoms with Crippen molar-refractivity contribution in [3.63, 3.8) is 0 Å². The van der Waals surface area contributed by atoms with Crippen molar-refractivity contribution in [3.8, 4) is 5.75 Å². The first kappa shape index (κ1) is 23.2. The summed E-state index contributed by atoms with van der Waals surface area (Å²) in [6, 6.07) is 13.1. The number of hydrogen-bond acceptors (Lipinski definition) is 4. The molecule has 3 rings (SSSR count). The highest BCUT2D eigenvalue weighted by Crippen LogP contribution is 2.15. The lowest BCUT2D eigenvalue weighted by Gasteiger charge is -2.31. The summed E-state index contributed by atoms with van der Waals surface area (Å²) in [4.78, 5) is 8.94. The molecule has 0 aliphatic carbocycles. The molecular formula is C24H37N5O2. The molecule has 1 aromatic heterocycles. The predicted octanol–water partition coefficient (Wildman–Crippen LogP) is 2.72. The zero-order chi connectivity index (χ0) is 22.1. The molecule has 0 atom stereocenters. The minimum atomic E-state index is 0.604. The van der Waals surface area contributed by atoms with Crippen LogP contribution < -0.4 is 10.1 Å². The maximum atomic E-state index is 6.03. The van der Waals surface area contributed by atoms with E-state index in [9.17, 15) is 0 Å². The highest BCUT2D eigenvalue weighted by Gasteiger charge is 2.18. The Morgan fingerprint density at radius 3 is 2.74 bits per heavy atom. The Kier molecular flexibility index (Phi) is 8.79. The Morgan fingerprint density at radius 2 is 2.03 bits per heavy atom. The number of benzene rings is 1. The average molecular weight is 428 g/mol. The van der Waals surface area contributed by atoms with Gasteiger partial charge in [0.05, 0.1) is 6.54 Å². The van der Waals surface area contributed by atoms with E-state index >= 15 is 0 Å². The van der Waals surface area contributed by atoms with Crippen LogP contribution in [-0.2, 0) is 24.9 Å². The van der Waals surface area contributed by atoms with Crippen molar-refractivity contribution in [2.75, 3.05) is 47.5 Å². The molecule has 1 aliphatic rings. The SMILES string of the molecule is CN=C(NCc1cccc(OCCN(C)C2CCOCC2)c1)N(C)Cc1cccn1C. The van der Waals surface area contributed by atoms with Gasteiger partial charge < -0.3 is 24.3 Å². The highest BCUT2D eigenvalue weighted by atomic mass is 16.5. The fourth-order valence-electron chi connectivity index (χ4n) is 3.91. The Bertz CT molecular complexity index is 829. The van der Waals surface area contributed by atoms with Gasteiger partial charge in [-0.1, -0.05) is 12.1 Å². The van der Waals surface area contributed by atoms with Gasteiger partial charge >= 0.3 is 0 Å². The number of ether oxygens (including phenoxy) is 2. The lowest BCUT2D eigenvalue weighted by Crippen LogP contribution is -2.38. The largest absolute Gasteiger partial charge is 0.492 e. The Balaban J connectivity index is 1.45. The van der Waals surface area contributed by atoms with Gasteiger partial charge in [-0.2, -0.15) is 0 Å². The average Bonchev–Trinajstić information content (AvgIpc) is 3.19. The molecule has 7 heteroatoms. The van der Waals surface area contributed by atoms with Crippen LogP contribution in [0.4, 0.5) is 0 Å². The fraction of sp³-hybridized carbons (Fsp3) is 0.542. The van der Waals surface area contributed by atoms with Gasteiger partial charge in [-0.15, -0.1) is 0 Å². The zero-order valence-electron chi connectivity index (χ0n) is 19.4. The Labute approximate surface area is 186 Å². The molecule has 170 valence electrons. The molecule has 0 saturated carbocycles. The minimum absolute atomic E-state index is 0.604. The normalized spacial score (nSPS) is 15.3. The van der Waals surface area contributed by atoms with Crippen LogP contribution in [0.5, 0.6) is 5.75 Å². The minimum Gasteiger partial charge on any atom is -0.492 e. The summed E-state index contributed by atoms with van der Waals surface area (Å²) in [5.41, 5.74) is 2.41. The van der Waals surface area contributed by atoms with Crippen molar-refractivity contribution in [2.24, 2.45) is 12.0 Å². The smallest absolute Gasteiger partial charge is 0.194 e. The summed E-state index contributed by atoms with van der Waals surface area (Å²) in [6.45, 7) is 4.84. The van der Waals surface area contributed by atoms with Crippen molar-refractivity contribution in [1.29, 1.82) is 0 Å². The molecule has 0 bridgehead atoms. The van der Waals surface area contributed by atoms with E-state index in [1.165, 1.54) is 11.3 Å². The summed E-state index contributed by atoms with van der Waals surface area (Å²) in [5.74, 6) is 1.78. The number of rotatable bonds is 9. The second-order valence-corrected chi connectivity index (χ2v) is 8.19. The van der Waals surface area contributed by atoms with Gasteiger partial charge in [-0.3, -0.25) is 9.89 Å². The van der Waals surface area contributed by atoms with E-state index < -0.39 is 0 Å². The monoisotopic (exact) mass is 427 g/mol. The number of hydrogen-bond donors (Lipinski definition) is 1. The van der Waals surface area contributed by atoms with E-state index in [1.807, 2.05) is 19.2 Å². The molecule has 1 saturated heterocycles. The molecule has 2 aromatic rings. The van der Waals surface area contributed by atoms with Crippen molar-refractivity contribution in [1.82, 2.24) is 19.7 Å². The standard InChI is InChI=1S/C24H37N5O2/c1-25-24(29(4)19-22-8-6-12-27(22)2)26-18-20-7-5-9-23(17-20)31-16-13-28(3)21-10-14-30-15-11-21/h5-9,12,17,21H,10-11,13-16,18-19H2,1-4H3,(H,25,26). The number of aliphatic imine (C=N–C) groups is 1. The number of nitrogens with zero attached hydrogens (tertiary/aromatic N) is 4. The molecule has 0 amide bonds. The second-order valence-electron chi connectivity index (χ2n) is 8.19. The summed E-state index contributed by atoms with van der Waals surface area (Å²) < 4.78 is 13.6. The summed E-state index contributed by atoms with van der Waals surface area (Å²) in [7, 11) is 8.11. The Morgan fingerprint density at radius 1 is 1.23 bits per heavy atom. The molecule has 0 radical (unpaired) electrons. The quantitative estimate of drug-likeness (QED) is 0.493. The third kappa shape index (κ3) is 7.01. The molecule has 1 fully saturated rings. The fourth-order valence-corrected chi connectivity index (χ4v) is 3.91. The van der Waals surface area contributed by atoms with Gasteiger partial charge in [-0.25, -0.2) is 0 Å². The first-order chi connectivity index (χ1) is 15.1. The zero-order valence-corrected chi connectivity index (χ0v) is 19.4. The first-order valence-electron chi connectivity index (χ1n) is 11.1. The summed E-state index contributed by atoms with van der Waals surface area (Å²) >= 11 is 0. The molecule has 2 heterocycles. The molecule has 1 N–H and O–H groups in total. The van der Waals surface area contributed by atoms with Gasteiger partial charge in [-0.05, 0) is 49.7 Å². The van der Waals surface area contributed by atoms with Crippen LogP contribution in [0, 0.1) is 0 Å². The van der Waals surface area contributed by atoms with Gasteiger partial charge in [0.15, 0.2) is 5.96 Å². The third-order valence-corrected chi connectivity index (χ3v) is 5.90. The van der Waals surface area contributed by atoms with Crippen LogP contribution in [0.1, 0.15) is 24.1 Å². The van der Waals surface area contributed by atoms with Gasteiger partial charge in [0, 0.05) is 65.4 Å². The van der Waals surface area contributed by atoms with Gasteiger partial charge in [0.2, 0.25) is 0 Å². The van der Waals surface area contributed by atoms with Crippen molar-refractivity contribution in [2.45, 2.75) is 32.0 Å². The Hall–Kier alpha value is -2.51. The van der Waals surface area contributed by atoms with E-state index in [4.69, 9.17) is 9.47 Å². The number of likely N-dealkylation sites (N-methyl/N-ethyl adjacent to an activating group) is 1. The number of guanidine groups is 1. The van der Waals surface area contributed by atoms with Crippen molar-refractivity contribution < 1.29 is 9.47 Å². The van der Waals surface area contributed by atoms with Gasteiger partial charge in [0.25, 0.3) is 0 Å². The molecule has 1 aliphatic heterocycles. The number of aryl methyl sites for hydroxylation is 1. The van der Waals surface area contributed by atoms with Crippen LogP contribution in [0.3, 0.4) is 0 Å². The topological polar surface area (TPSA) is 54.3 Å². The lowest BCUT2D eigenvalue weighted by molar-refractivity contribution is 0.0392. The predicted molar refractivity (Wildman–Crippen MR) is 125 cm³/mol. The molecule has 7 nitrogen and oxygen atoms in total. The van der Waals surface area contributed by atoms with Crippen LogP contribution >= 0.6 is 0 Å². The first-order valence-corrected chi connectivity index (χ1v) is 11.1. The molecular weight excluding hydrogens is 390 g/mol. The van der Waals surface area contributed by atoms with E-state index in [2.05, 4.69) is 76.3 Å². The summed E-state index contributed by atoms with van der Waals surface area (Å²) in [5, 5.41) is 3.45. The third-order valence-electron chi connectivity index (χ3n) is 5.90. The van der Waals surface area contributed by atoms with E-state index in [-0.39, 0.29) is 0 Å². The van der Waals surface area contributed by atoms with Crippen LogP contribution in [0.15, 0.2) is 47.6 Å². The highest BCUT2D eigenvalue weighted by molar-refractivity contribution is 5.79. The second kappa shape index (κ2) is 11.8. The molecule has 0 unspecified atom stereocenters. The van der Waals surface area contributed by atoms with E-state index in [0.717, 1.165) is 50.9 Å². The van der Waals surface area contributed by atoms with E-state index in [0.29, 0.717) is 19.2 Å². The van der Waals surface area contributed by atoms with E-state index in [1.54, 1.807) is 0 Å². The van der Waals surface area contributed by atoms with Crippen LogP contribution in [0.2, 0.25) is 0 Å². The lowest BCUT2D eigenvalue weighted by atomic mass is 10.1. The van der Waals surface area contributed by atoms with Crippen LogP contribution in [-0.4, -0.2) is 73.9 Å². The number of nitrogens with one attached hydrogen (secondary N) is 1.